The lowest BCUT2D eigenvalue weighted by Crippen LogP contribution is -2.39. The quantitative estimate of drug-likeness (QED) is 0.0320. The van der Waals surface area contributed by atoms with E-state index in [4.69, 9.17) is 19.2 Å². The van der Waals surface area contributed by atoms with Gasteiger partial charge in [-0.3, -0.25) is 0 Å². The van der Waals surface area contributed by atoms with Crippen molar-refractivity contribution in [3.63, 3.8) is 0 Å². The second-order valence-corrected chi connectivity index (χ2v) is 28.0. The molecule has 0 aromatic heterocycles. The SMILES string of the molecule is CCCCCCCCCCCCCCCC[N+](C)(C)Cc1ccccc1.CCCCCCCCCCCCCCCC[N+](C)(C)Cc1ccccc1.CCCCCCCCCCCCCCCC[N+](C)(C)Cc1ccccc1.O=P([O-])([O-])[O-]. The maximum absolute atomic E-state index is 8.55. The van der Waals surface area contributed by atoms with Crippen molar-refractivity contribution < 1.29 is 32.7 Å². The molecule has 0 amide bonds. The van der Waals surface area contributed by atoms with Gasteiger partial charge in [0.1, 0.15) is 19.6 Å². The van der Waals surface area contributed by atoms with Crippen molar-refractivity contribution in [2.75, 3.05) is 61.9 Å². The number of hydrogen-bond acceptors (Lipinski definition) is 4. The summed E-state index contributed by atoms with van der Waals surface area (Å²) in [7, 11) is 8.83. The predicted octanol–water partition coefficient (Wildman–Crippen LogP) is 20.4. The molecule has 3 aromatic carbocycles. The zero-order valence-electron chi connectivity index (χ0n) is 56.5. The van der Waals surface area contributed by atoms with Crippen LogP contribution in [0.2, 0.25) is 0 Å². The fraction of sp³-hybridized carbons (Fsp3) is 0.760. The Kier molecular flexibility index (Phi) is 54.6. The van der Waals surface area contributed by atoms with Crippen LogP contribution < -0.4 is 14.7 Å². The second-order valence-electron chi connectivity index (χ2n) is 27.1. The van der Waals surface area contributed by atoms with Crippen molar-refractivity contribution in [1.29, 1.82) is 0 Å². The molecule has 0 aliphatic rings. The number of phosphoric acid groups is 1. The van der Waals surface area contributed by atoms with Crippen LogP contribution in [0.4, 0.5) is 0 Å². The van der Waals surface area contributed by atoms with Crippen LogP contribution in [0, 0.1) is 0 Å². The minimum atomic E-state index is -5.39. The van der Waals surface area contributed by atoms with E-state index in [1.54, 1.807) is 0 Å². The predicted molar refractivity (Wildman–Crippen MR) is 360 cm³/mol. The van der Waals surface area contributed by atoms with Gasteiger partial charge in [-0.15, -0.1) is 0 Å². The molecule has 7 nitrogen and oxygen atoms in total. The smallest absolute Gasteiger partial charge is 0.104 e. The first-order valence-corrected chi connectivity index (χ1v) is 36.7. The van der Waals surface area contributed by atoms with Gasteiger partial charge in [-0.05, 0) is 38.5 Å². The van der Waals surface area contributed by atoms with Gasteiger partial charge in [0.25, 0.3) is 0 Å². The van der Waals surface area contributed by atoms with Crippen LogP contribution in [0.15, 0.2) is 91.0 Å². The van der Waals surface area contributed by atoms with Crippen molar-refractivity contribution in [2.45, 2.75) is 310 Å². The molecule has 0 atom stereocenters. The van der Waals surface area contributed by atoms with E-state index in [9.17, 15) is 0 Å². The fourth-order valence-corrected chi connectivity index (χ4v) is 11.7. The molecule has 3 aromatic rings. The summed E-state index contributed by atoms with van der Waals surface area (Å²) in [6.07, 6.45) is 60.5. The topological polar surface area (TPSA) is 86.2 Å². The van der Waals surface area contributed by atoms with Gasteiger partial charge in [-0.1, -0.05) is 343 Å². The lowest BCUT2D eigenvalue weighted by Gasteiger charge is -2.36. The average molecular weight is 1180 g/mol. The summed E-state index contributed by atoms with van der Waals surface area (Å²) in [6, 6.07) is 32.8. The summed E-state index contributed by atoms with van der Waals surface area (Å²) >= 11 is 0. The number of benzene rings is 3. The lowest BCUT2D eigenvalue weighted by molar-refractivity contribution is -0.903. The molecule has 0 fully saturated rings. The lowest BCUT2D eigenvalue weighted by atomic mass is 10.0. The first-order valence-electron chi connectivity index (χ1n) is 35.2. The molecule has 0 heterocycles. The van der Waals surface area contributed by atoms with Crippen molar-refractivity contribution >= 4 is 7.82 Å². The molecular weight excluding hydrogens is 1040 g/mol. The number of rotatable bonds is 51. The normalized spacial score (nSPS) is 11.8. The number of hydrogen-bond donors (Lipinski definition) is 0. The van der Waals surface area contributed by atoms with E-state index in [0.717, 1.165) is 33.1 Å². The van der Waals surface area contributed by atoms with E-state index in [1.165, 1.54) is 306 Å². The van der Waals surface area contributed by atoms with E-state index in [1.807, 2.05) is 0 Å². The highest BCUT2D eigenvalue weighted by molar-refractivity contribution is 7.40. The fourth-order valence-electron chi connectivity index (χ4n) is 11.7. The molecule has 0 N–H and O–H groups in total. The second kappa shape index (κ2) is 56.2. The number of quaternary nitrogens is 3. The van der Waals surface area contributed by atoms with Crippen LogP contribution in [0.1, 0.15) is 307 Å². The Balaban J connectivity index is 0.00000116. The van der Waals surface area contributed by atoms with Gasteiger partial charge in [0.2, 0.25) is 0 Å². The van der Waals surface area contributed by atoms with Crippen LogP contribution in [-0.2, 0) is 24.2 Å². The van der Waals surface area contributed by atoms with Gasteiger partial charge < -0.3 is 32.7 Å². The Morgan fingerprint density at radius 1 is 0.253 bits per heavy atom. The Morgan fingerprint density at radius 3 is 0.530 bits per heavy atom. The standard InChI is InChI=1S/3C25H46N.H3O4P/c3*1-4-5-6-7-8-9-10-11-12-13-14-15-16-20-23-26(2,3)24-25-21-18-17-19-22-25;1-5(2,3)4/h3*17-19,21-22H,4-16,20,23-24H2,1-3H3;(H3,1,2,3,4)/q3*+1;/p-3. The van der Waals surface area contributed by atoms with Gasteiger partial charge in [0.05, 0.1) is 61.9 Å². The summed E-state index contributed by atoms with van der Waals surface area (Å²) in [4.78, 5) is 25.6. The van der Waals surface area contributed by atoms with Crippen LogP contribution in [0.25, 0.3) is 0 Å². The Hall–Kier alpha value is -2.35. The average Bonchev–Trinajstić information content (AvgIpc) is 3.51. The number of unbranched alkanes of at least 4 members (excludes halogenated alkanes) is 39. The van der Waals surface area contributed by atoms with Gasteiger partial charge in [0.15, 0.2) is 0 Å². The van der Waals surface area contributed by atoms with Gasteiger partial charge in [-0.25, -0.2) is 0 Å². The zero-order valence-corrected chi connectivity index (χ0v) is 57.4. The van der Waals surface area contributed by atoms with Crippen LogP contribution >= 0.6 is 7.82 Å². The van der Waals surface area contributed by atoms with Gasteiger partial charge in [0, 0.05) is 16.7 Å². The first kappa shape index (κ1) is 80.6. The highest BCUT2D eigenvalue weighted by atomic mass is 31.2. The monoisotopic (exact) mass is 1180 g/mol. The molecule has 0 aliphatic heterocycles. The molecular formula is C75H138N3O4P. The first-order chi connectivity index (χ1) is 39.9. The Bertz CT molecular complexity index is 1600. The van der Waals surface area contributed by atoms with Crippen LogP contribution in [0.5, 0.6) is 0 Å². The third-order valence-corrected chi connectivity index (χ3v) is 16.7. The Morgan fingerprint density at radius 2 is 0.386 bits per heavy atom. The molecule has 83 heavy (non-hydrogen) atoms. The van der Waals surface area contributed by atoms with Crippen LogP contribution in [-0.4, -0.2) is 75.4 Å². The maximum Gasteiger partial charge on any atom is 0.104 e. The van der Waals surface area contributed by atoms with Crippen LogP contribution in [0.3, 0.4) is 0 Å². The van der Waals surface area contributed by atoms with E-state index >= 15 is 0 Å². The summed E-state index contributed by atoms with van der Waals surface area (Å²) in [5.74, 6) is 0. The molecule has 0 saturated carbocycles. The molecule has 3 rings (SSSR count). The molecule has 0 saturated heterocycles. The van der Waals surface area contributed by atoms with Crippen molar-refractivity contribution in [3.8, 4) is 0 Å². The third kappa shape index (κ3) is 62.5. The van der Waals surface area contributed by atoms with Gasteiger partial charge in [-0.2, -0.15) is 7.82 Å². The Labute approximate surface area is 517 Å². The van der Waals surface area contributed by atoms with E-state index < -0.39 is 7.82 Å². The molecule has 8 heteroatoms. The van der Waals surface area contributed by atoms with Crippen molar-refractivity contribution in [2.24, 2.45) is 0 Å². The van der Waals surface area contributed by atoms with E-state index in [2.05, 4.69) is 154 Å². The summed E-state index contributed by atoms with van der Waals surface area (Å²) in [5, 5.41) is 0. The molecule has 0 bridgehead atoms. The highest BCUT2D eigenvalue weighted by Crippen LogP contribution is 2.19. The zero-order chi connectivity index (χ0) is 61.3. The minimum absolute atomic E-state index is 1.11. The summed E-state index contributed by atoms with van der Waals surface area (Å²) < 4.78 is 11.9. The summed E-state index contributed by atoms with van der Waals surface area (Å²) in [5.41, 5.74) is 4.38. The van der Waals surface area contributed by atoms with Crippen molar-refractivity contribution in [1.82, 2.24) is 0 Å². The minimum Gasteiger partial charge on any atom is -0.822 e. The molecule has 0 spiro atoms. The number of nitrogens with zero attached hydrogens (tertiary/aromatic N) is 3. The molecule has 482 valence electrons. The third-order valence-electron chi connectivity index (χ3n) is 16.7. The maximum atomic E-state index is 8.55. The summed E-state index contributed by atoms with van der Waals surface area (Å²) in [6.45, 7) is 14.2. The molecule has 0 aliphatic carbocycles. The van der Waals surface area contributed by atoms with Crippen molar-refractivity contribution in [3.05, 3.63) is 108 Å². The highest BCUT2D eigenvalue weighted by Gasteiger charge is 2.17. The van der Waals surface area contributed by atoms with E-state index in [-0.39, 0.29) is 0 Å². The van der Waals surface area contributed by atoms with Gasteiger partial charge >= 0.3 is 0 Å². The van der Waals surface area contributed by atoms with E-state index in [0.29, 0.717) is 0 Å². The molecule has 0 unspecified atom stereocenters. The molecule has 0 radical (unpaired) electrons. The largest absolute Gasteiger partial charge is 0.822 e.